The molecule has 2 aliphatic rings. The average molecular weight is 418 g/mol. The molecule has 1 aromatic carbocycles. The quantitative estimate of drug-likeness (QED) is 0.591. The van der Waals surface area contributed by atoms with E-state index < -0.39 is 0 Å². The van der Waals surface area contributed by atoms with Crippen molar-refractivity contribution in [2.45, 2.75) is 57.9 Å². The predicted octanol–water partition coefficient (Wildman–Crippen LogP) is 4.85. The van der Waals surface area contributed by atoms with E-state index in [0.717, 1.165) is 42.2 Å². The summed E-state index contributed by atoms with van der Waals surface area (Å²) in [6, 6.07) is 6.15. The lowest BCUT2D eigenvalue weighted by molar-refractivity contribution is 0.284. The summed E-state index contributed by atoms with van der Waals surface area (Å²) in [4.78, 5) is 5.20. The van der Waals surface area contributed by atoms with Crippen LogP contribution in [0, 0.1) is 0 Å². The van der Waals surface area contributed by atoms with E-state index >= 15 is 0 Å². The van der Waals surface area contributed by atoms with Crippen LogP contribution in [0.25, 0.3) is 10.9 Å². The van der Waals surface area contributed by atoms with Crippen LogP contribution in [-0.2, 0) is 6.54 Å². The molecule has 0 saturated carbocycles. The Morgan fingerprint density at radius 2 is 1.48 bits per heavy atom. The van der Waals surface area contributed by atoms with E-state index in [1.807, 2.05) is 6.07 Å². The first-order valence-electron chi connectivity index (χ1n) is 11.6. The highest BCUT2D eigenvalue weighted by Gasteiger charge is 2.14. The van der Waals surface area contributed by atoms with Crippen LogP contribution in [0.15, 0.2) is 18.2 Å². The molecular weight excluding hydrogens is 382 g/mol. The van der Waals surface area contributed by atoms with Crippen LogP contribution in [0.4, 0.5) is 5.82 Å². The van der Waals surface area contributed by atoms with Gasteiger partial charge in [-0.15, -0.1) is 0 Å². The molecule has 0 unspecified atom stereocenters. The van der Waals surface area contributed by atoms with Crippen LogP contribution in [-0.4, -0.2) is 65.4 Å². The molecule has 0 radical (unpaired) electrons. The predicted molar refractivity (Wildman–Crippen MR) is 123 cm³/mol. The SMILES string of the molecule is Clc1ccc2c(c1)c(NCCCN1CCCCCC1)nn2CCCN1CCCC1. The highest BCUT2D eigenvalue weighted by molar-refractivity contribution is 6.31. The Morgan fingerprint density at radius 1 is 0.828 bits per heavy atom. The molecule has 0 atom stereocenters. The zero-order valence-electron chi connectivity index (χ0n) is 17.7. The van der Waals surface area contributed by atoms with Gasteiger partial charge >= 0.3 is 0 Å². The second-order valence-corrected chi connectivity index (χ2v) is 9.11. The van der Waals surface area contributed by atoms with Gasteiger partial charge in [0.15, 0.2) is 5.82 Å². The summed E-state index contributed by atoms with van der Waals surface area (Å²) in [7, 11) is 0. The Bertz CT molecular complexity index is 760. The number of hydrogen-bond acceptors (Lipinski definition) is 4. The summed E-state index contributed by atoms with van der Waals surface area (Å²) in [6.07, 6.45) is 10.5. The zero-order chi connectivity index (χ0) is 19.9. The van der Waals surface area contributed by atoms with Crippen LogP contribution in [0.3, 0.4) is 0 Å². The first kappa shape index (κ1) is 21.0. The van der Waals surface area contributed by atoms with Crippen molar-refractivity contribution in [1.82, 2.24) is 19.6 Å². The molecule has 1 aromatic heterocycles. The van der Waals surface area contributed by atoms with Crippen molar-refractivity contribution in [2.24, 2.45) is 0 Å². The number of aromatic nitrogens is 2. The Morgan fingerprint density at radius 3 is 2.21 bits per heavy atom. The first-order chi connectivity index (χ1) is 14.3. The summed E-state index contributed by atoms with van der Waals surface area (Å²) < 4.78 is 2.17. The molecule has 0 amide bonds. The minimum atomic E-state index is 0.779. The molecule has 5 nitrogen and oxygen atoms in total. The lowest BCUT2D eigenvalue weighted by Crippen LogP contribution is -2.27. The average Bonchev–Trinajstić information content (AvgIpc) is 3.26. The summed E-state index contributed by atoms with van der Waals surface area (Å²) >= 11 is 6.29. The van der Waals surface area contributed by atoms with E-state index in [9.17, 15) is 0 Å². The van der Waals surface area contributed by atoms with Crippen molar-refractivity contribution in [3.05, 3.63) is 23.2 Å². The summed E-state index contributed by atoms with van der Waals surface area (Å²) in [5.74, 6) is 0.986. The Labute approximate surface area is 180 Å². The van der Waals surface area contributed by atoms with E-state index in [4.69, 9.17) is 16.7 Å². The summed E-state index contributed by atoms with van der Waals surface area (Å²) in [6.45, 7) is 9.34. The molecule has 4 rings (SSSR count). The van der Waals surface area contributed by atoms with Gasteiger partial charge in [-0.05, 0) is 96.0 Å². The number of nitrogens with zero attached hydrogens (tertiary/aromatic N) is 4. The zero-order valence-corrected chi connectivity index (χ0v) is 18.5. The number of benzene rings is 1. The fourth-order valence-corrected chi connectivity index (χ4v) is 4.94. The van der Waals surface area contributed by atoms with E-state index in [-0.39, 0.29) is 0 Å². The fraction of sp³-hybridized carbons (Fsp3) is 0.696. The number of hydrogen-bond donors (Lipinski definition) is 1. The number of aryl methyl sites for hydroxylation is 1. The van der Waals surface area contributed by atoms with Gasteiger partial charge in [0.2, 0.25) is 0 Å². The number of rotatable bonds is 9. The number of nitrogens with one attached hydrogen (secondary N) is 1. The van der Waals surface area contributed by atoms with E-state index in [1.165, 1.54) is 83.3 Å². The molecule has 2 aromatic rings. The monoisotopic (exact) mass is 417 g/mol. The van der Waals surface area contributed by atoms with Gasteiger partial charge in [-0.2, -0.15) is 5.10 Å². The molecule has 2 saturated heterocycles. The van der Waals surface area contributed by atoms with Crippen LogP contribution in [0.5, 0.6) is 0 Å². The molecule has 6 heteroatoms. The van der Waals surface area contributed by atoms with Crippen molar-refractivity contribution >= 4 is 28.3 Å². The van der Waals surface area contributed by atoms with Crippen molar-refractivity contribution in [2.75, 3.05) is 51.1 Å². The fourth-order valence-electron chi connectivity index (χ4n) is 4.77. The third-order valence-electron chi connectivity index (χ3n) is 6.40. The molecule has 0 aliphatic carbocycles. The Kier molecular flexibility index (Phi) is 7.69. The number of likely N-dealkylation sites (tertiary alicyclic amines) is 2. The highest BCUT2D eigenvalue weighted by atomic mass is 35.5. The largest absolute Gasteiger partial charge is 0.368 e. The lowest BCUT2D eigenvalue weighted by atomic mass is 10.2. The molecular formula is C23H36ClN5. The van der Waals surface area contributed by atoms with Gasteiger partial charge in [0.25, 0.3) is 0 Å². The van der Waals surface area contributed by atoms with Crippen molar-refractivity contribution in [1.29, 1.82) is 0 Å². The number of anilines is 1. The van der Waals surface area contributed by atoms with Crippen molar-refractivity contribution in [3.63, 3.8) is 0 Å². The molecule has 2 aliphatic heterocycles. The van der Waals surface area contributed by atoms with Gasteiger partial charge in [0, 0.05) is 23.5 Å². The standard InChI is InChI=1S/C23H36ClN5/c24-20-9-10-22-21(19-20)23(25-11-7-16-27-12-3-1-2-4-13-27)26-29(22)18-8-17-28-14-5-6-15-28/h9-10,19H,1-8,11-18H2,(H,25,26). The van der Waals surface area contributed by atoms with Gasteiger partial charge in [-0.1, -0.05) is 24.4 Å². The van der Waals surface area contributed by atoms with Crippen LogP contribution >= 0.6 is 11.6 Å². The molecule has 0 spiro atoms. The van der Waals surface area contributed by atoms with Gasteiger partial charge in [-0.3, -0.25) is 4.68 Å². The smallest absolute Gasteiger partial charge is 0.156 e. The minimum Gasteiger partial charge on any atom is -0.368 e. The maximum absolute atomic E-state index is 6.29. The molecule has 1 N–H and O–H groups in total. The normalized spacial score (nSPS) is 19.1. The highest BCUT2D eigenvalue weighted by Crippen LogP contribution is 2.26. The molecule has 2 fully saturated rings. The van der Waals surface area contributed by atoms with Gasteiger partial charge < -0.3 is 15.1 Å². The maximum atomic E-state index is 6.29. The van der Waals surface area contributed by atoms with E-state index in [1.54, 1.807) is 0 Å². The van der Waals surface area contributed by atoms with Crippen LogP contribution in [0.2, 0.25) is 5.02 Å². The second-order valence-electron chi connectivity index (χ2n) is 8.67. The number of fused-ring (bicyclic) bond motifs is 1. The van der Waals surface area contributed by atoms with E-state index in [0.29, 0.717) is 0 Å². The van der Waals surface area contributed by atoms with Crippen LogP contribution < -0.4 is 5.32 Å². The maximum Gasteiger partial charge on any atom is 0.156 e. The second kappa shape index (κ2) is 10.6. The Balaban J connectivity index is 1.32. The molecule has 160 valence electrons. The molecule has 0 bridgehead atoms. The molecule has 29 heavy (non-hydrogen) atoms. The summed E-state index contributed by atoms with van der Waals surface area (Å²) in [5.41, 5.74) is 1.19. The van der Waals surface area contributed by atoms with E-state index in [2.05, 4.69) is 31.9 Å². The Hall–Kier alpha value is -1.30. The van der Waals surface area contributed by atoms with Crippen molar-refractivity contribution in [3.8, 4) is 0 Å². The van der Waals surface area contributed by atoms with Gasteiger partial charge in [0.1, 0.15) is 0 Å². The van der Waals surface area contributed by atoms with Gasteiger partial charge in [0.05, 0.1) is 5.52 Å². The number of halogens is 1. The van der Waals surface area contributed by atoms with Gasteiger partial charge in [-0.25, -0.2) is 0 Å². The molecule has 3 heterocycles. The lowest BCUT2D eigenvalue weighted by Gasteiger charge is -2.19. The topological polar surface area (TPSA) is 36.3 Å². The third kappa shape index (κ3) is 5.87. The first-order valence-corrected chi connectivity index (χ1v) is 12.0. The third-order valence-corrected chi connectivity index (χ3v) is 6.63. The summed E-state index contributed by atoms with van der Waals surface area (Å²) in [5, 5.41) is 10.4. The van der Waals surface area contributed by atoms with Crippen LogP contribution in [0.1, 0.15) is 51.4 Å². The minimum absolute atomic E-state index is 0.779. The van der Waals surface area contributed by atoms with Crippen molar-refractivity contribution < 1.29 is 0 Å².